The molecule has 116 valence electrons. The largest absolute Gasteiger partial charge is 0.497 e. The first-order chi connectivity index (χ1) is 10.6. The van der Waals surface area contributed by atoms with Crippen molar-refractivity contribution >= 4 is 33.6 Å². The van der Waals surface area contributed by atoms with Crippen LogP contribution in [0.5, 0.6) is 5.75 Å². The molecule has 2 aromatic carbocycles. The second-order valence-electron chi connectivity index (χ2n) is 4.77. The molecule has 1 atom stereocenters. The van der Waals surface area contributed by atoms with Crippen LogP contribution in [0.2, 0.25) is 0 Å². The van der Waals surface area contributed by atoms with Gasteiger partial charge in [-0.05, 0) is 42.8 Å². The molecule has 0 spiro atoms. The first-order valence-corrected chi connectivity index (χ1v) is 8.68. The van der Waals surface area contributed by atoms with Crippen molar-refractivity contribution in [2.75, 3.05) is 12.9 Å². The number of nitrogens with one attached hydrogen (secondary N) is 1. The molecule has 1 N–H and O–H groups in total. The van der Waals surface area contributed by atoms with Gasteiger partial charge in [-0.25, -0.2) is 0 Å². The molecule has 0 aliphatic heterocycles. The van der Waals surface area contributed by atoms with E-state index in [-0.39, 0.29) is 11.9 Å². The third-order valence-corrected chi connectivity index (χ3v) is 4.91. The zero-order valence-corrected chi connectivity index (χ0v) is 14.9. The monoisotopic (exact) mass is 379 g/mol. The number of carbonyl (C=O) groups excluding carboxylic acids is 1. The predicted molar refractivity (Wildman–Crippen MR) is 94.4 cm³/mol. The molecule has 0 aliphatic rings. The number of methoxy groups -OCH3 is 1. The minimum absolute atomic E-state index is 0.0177. The molecule has 0 aliphatic carbocycles. The van der Waals surface area contributed by atoms with Crippen LogP contribution in [0, 0.1) is 0 Å². The summed E-state index contributed by atoms with van der Waals surface area (Å²) in [5, 5.41) is 3.02. The second kappa shape index (κ2) is 8.25. The Morgan fingerprint density at radius 1 is 1.23 bits per heavy atom. The lowest BCUT2D eigenvalue weighted by Crippen LogP contribution is -2.28. The van der Waals surface area contributed by atoms with Gasteiger partial charge in [0.2, 0.25) is 5.91 Å². The van der Waals surface area contributed by atoms with Gasteiger partial charge in [-0.3, -0.25) is 4.79 Å². The molecule has 0 fully saturated rings. The molecule has 2 aromatic rings. The van der Waals surface area contributed by atoms with Crippen LogP contribution in [0.25, 0.3) is 0 Å². The molecule has 2 rings (SSSR count). The number of benzene rings is 2. The maximum atomic E-state index is 12.1. The van der Waals surface area contributed by atoms with Crippen LogP contribution in [0.15, 0.2) is 57.9 Å². The average molecular weight is 380 g/mol. The highest BCUT2D eigenvalue weighted by Gasteiger charge is 2.12. The van der Waals surface area contributed by atoms with Crippen LogP contribution in [-0.2, 0) is 4.79 Å². The van der Waals surface area contributed by atoms with E-state index in [0.717, 1.165) is 20.7 Å². The van der Waals surface area contributed by atoms with Gasteiger partial charge in [0.25, 0.3) is 0 Å². The zero-order valence-electron chi connectivity index (χ0n) is 12.5. The molecule has 1 unspecified atom stereocenters. The molecule has 0 radical (unpaired) electrons. The number of amides is 1. The highest BCUT2D eigenvalue weighted by molar-refractivity contribution is 9.10. The van der Waals surface area contributed by atoms with Gasteiger partial charge in [-0.2, -0.15) is 0 Å². The van der Waals surface area contributed by atoms with Crippen LogP contribution < -0.4 is 10.1 Å². The minimum Gasteiger partial charge on any atom is -0.497 e. The Labute approximate surface area is 143 Å². The van der Waals surface area contributed by atoms with Crippen molar-refractivity contribution in [2.24, 2.45) is 0 Å². The molecular formula is C17H18BrNO2S. The topological polar surface area (TPSA) is 38.3 Å². The van der Waals surface area contributed by atoms with Crippen molar-refractivity contribution in [3.05, 3.63) is 58.6 Å². The minimum atomic E-state index is -0.0282. The van der Waals surface area contributed by atoms with Crippen LogP contribution in [0.3, 0.4) is 0 Å². The van der Waals surface area contributed by atoms with Gasteiger partial charge in [-0.1, -0.05) is 34.1 Å². The maximum Gasteiger partial charge on any atom is 0.230 e. The van der Waals surface area contributed by atoms with Crippen molar-refractivity contribution in [3.63, 3.8) is 0 Å². The summed E-state index contributed by atoms with van der Waals surface area (Å²) in [5.74, 6) is 1.22. The number of ether oxygens (including phenoxy) is 1. The number of hydrogen-bond donors (Lipinski definition) is 1. The molecule has 0 heterocycles. The van der Waals surface area contributed by atoms with Gasteiger partial charge in [0.1, 0.15) is 5.75 Å². The van der Waals surface area contributed by atoms with Crippen molar-refractivity contribution in [3.8, 4) is 5.75 Å². The van der Waals surface area contributed by atoms with E-state index in [1.54, 1.807) is 7.11 Å². The molecule has 22 heavy (non-hydrogen) atoms. The van der Waals surface area contributed by atoms with Gasteiger partial charge in [-0.15, -0.1) is 11.8 Å². The predicted octanol–water partition coefficient (Wildman–Crippen LogP) is 4.43. The second-order valence-corrected chi connectivity index (χ2v) is 6.68. The van der Waals surface area contributed by atoms with E-state index >= 15 is 0 Å². The summed E-state index contributed by atoms with van der Waals surface area (Å²) in [6, 6.07) is 15.6. The lowest BCUT2D eigenvalue weighted by Gasteiger charge is -2.15. The molecule has 3 nitrogen and oxygen atoms in total. The van der Waals surface area contributed by atoms with Gasteiger partial charge >= 0.3 is 0 Å². The summed E-state index contributed by atoms with van der Waals surface area (Å²) in [6.07, 6.45) is 0. The van der Waals surface area contributed by atoms with Crippen LogP contribution in [0.1, 0.15) is 18.5 Å². The Balaban J connectivity index is 1.86. The number of halogens is 1. The third-order valence-electron chi connectivity index (χ3n) is 3.18. The Morgan fingerprint density at radius 2 is 1.91 bits per heavy atom. The summed E-state index contributed by atoms with van der Waals surface area (Å²) >= 11 is 5.02. The summed E-state index contributed by atoms with van der Waals surface area (Å²) in [7, 11) is 1.64. The number of rotatable bonds is 6. The highest BCUT2D eigenvalue weighted by atomic mass is 79.9. The van der Waals surface area contributed by atoms with Gasteiger partial charge in [0.05, 0.1) is 18.9 Å². The molecule has 0 saturated heterocycles. The van der Waals surface area contributed by atoms with Crippen molar-refractivity contribution < 1.29 is 9.53 Å². The first kappa shape index (κ1) is 16.9. The van der Waals surface area contributed by atoms with E-state index in [4.69, 9.17) is 4.74 Å². The summed E-state index contributed by atoms with van der Waals surface area (Å²) in [6.45, 7) is 1.98. The van der Waals surface area contributed by atoms with Crippen molar-refractivity contribution in [1.29, 1.82) is 0 Å². The molecule has 0 saturated carbocycles. The van der Waals surface area contributed by atoms with E-state index in [0.29, 0.717) is 5.75 Å². The van der Waals surface area contributed by atoms with E-state index in [1.165, 1.54) is 11.8 Å². The quantitative estimate of drug-likeness (QED) is 0.754. The van der Waals surface area contributed by atoms with Crippen LogP contribution >= 0.6 is 27.7 Å². The molecular weight excluding hydrogens is 362 g/mol. The fraction of sp³-hybridized carbons (Fsp3) is 0.235. The standard InChI is InChI=1S/C17H18BrNO2S/c1-12(15-5-3-4-6-16(15)18)19-17(20)11-22-14-9-7-13(21-2)8-10-14/h3-10,12H,11H2,1-2H3,(H,19,20). The fourth-order valence-electron chi connectivity index (χ4n) is 2.01. The molecule has 5 heteroatoms. The van der Waals surface area contributed by atoms with Gasteiger partial charge in [0.15, 0.2) is 0 Å². The molecule has 1 amide bonds. The summed E-state index contributed by atoms with van der Waals surface area (Å²) in [4.78, 5) is 13.1. The normalized spacial score (nSPS) is 11.8. The first-order valence-electron chi connectivity index (χ1n) is 6.91. The van der Waals surface area contributed by atoms with Crippen LogP contribution in [0.4, 0.5) is 0 Å². The Bertz CT molecular complexity index is 631. The smallest absolute Gasteiger partial charge is 0.230 e. The highest BCUT2D eigenvalue weighted by Crippen LogP contribution is 2.24. The molecule has 0 bridgehead atoms. The van der Waals surface area contributed by atoms with E-state index in [1.807, 2.05) is 55.5 Å². The Morgan fingerprint density at radius 3 is 2.55 bits per heavy atom. The van der Waals surface area contributed by atoms with Crippen molar-refractivity contribution in [2.45, 2.75) is 17.9 Å². The maximum absolute atomic E-state index is 12.1. The fourth-order valence-corrected chi connectivity index (χ4v) is 3.35. The SMILES string of the molecule is COc1ccc(SCC(=O)NC(C)c2ccccc2Br)cc1. The number of hydrogen-bond acceptors (Lipinski definition) is 3. The van der Waals surface area contributed by atoms with Crippen molar-refractivity contribution in [1.82, 2.24) is 5.32 Å². The van der Waals surface area contributed by atoms with E-state index in [9.17, 15) is 4.79 Å². The van der Waals surface area contributed by atoms with E-state index < -0.39 is 0 Å². The Hall–Kier alpha value is -1.46. The Kier molecular flexibility index (Phi) is 6.34. The summed E-state index contributed by atoms with van der Waals surface area (Å²) in [5.41, 5.74) is 1.07. The van der Waals surface area contributed by atoms with Gasteiger partial charge in [0, 0.05) is 9.37 Å². The average Bonchev–Trinajstić information content (AvgIpc) is 2.53. The molecule has 0 aromatic heterocycles. The lowest BCUT2D eigenvalue weighted by atomic mass is 10.1. The van der Waals surface area contributed by atoms with E-state index in [2.05, 4.69) is 21.2 Å². The third kappa shape index (κ3) is 4.78. The number of thioether (sulfide) groups is 1. The zero-order chi connectivity index (χ0) is 15.9. The summed E-state index contributed by atoms with van der Waals surface area (Å²) < 4.78 is 6.12. The lowest BCUT2D eigenvalue weighted by molar-refractivity contribution is -0.119. The van der Waals surface area contributed by atoms with Crippen LogP contribution in [-0.4, -0.2) is 18.8 Å². The van der Waals surface area contributed by atoms with Gasteiger partial charge < -0.3 is 10.1 Å². The number of carbonyl (C=O) groups is 1.